The number of carboxylic acids is 1. The number of ether oxygens (including phenoxy) is 1. The van der Waals surface area contributed by atoms with Crippen LogP contribution in [0.15, 0.2) is 30.3 Å². The maximum absolute atomic E-state index is 13.8. The number of rotatable bonds is 9. The van der Waals surface area contributed by atoms with Crippen molar-refractivity contribution in [2.75, 3.05) is 17.1 Å². The number of pyridine rings is 1. The van der Waals surface area contributed by atoms with Crippen molar-refractivity contribution < 1.29 is 37.7 Å². The predicted octanol–water partition coefficient (Wildman–Crippen LogP) is 3.30. The molecular weight excluding hydrogens is 503 g/mol. The molecule has 11 heteroatoms. The van der Waals surface area contributed by atoms with Crippen molar-refractivity contribution >= 4 is 27.9 Å². The molecule has 1 aliphatic rings. The molecule has 2 aromatic rings. The summed E-state index contributed by atoms with van der Waals surface area (Å²) in [5.41, 5.74) is 2.83. The third-order valence-electron chi connectivity index (χ3n) is 6.00. The molecule has 1 aliphatic heterocycles. The molecule has 2 heterocycles. The van der Waals surface area contributed by atoms with Gasteiger partial charge in [-0.2, -0.15) is 0 Å². The van der Waals surface area contributed by atoms with Crippen LogP contribution in [0.1, 0.15) is 56.4 Å². The maximum atomic E-state index is 13.8. The average Bonchev–Trinajstić information content (AvgIpc) is 2.95. The van der Waals surface area contributed by atoms with Crippen molar-refractivity contribution in [2.45, 2.75) is 64.4 Å². The number of carbonyl (C=O) groups is 1. The van der Waals surface area contributed by atoms with Gasteiger partial charge in [0.05, 0.1) is 49.8 Å². The highest BCUT2D eigenvalue weighted by Crippen LogP contribution is 2.40. The highest BCUT2D eigenvalue weighted by molar-refractivity contribution is 7.92. The van der Waals surface area contributed by atoms with E-state index in [0.717, 1.165) is 6.26 Å². The molecule has 0 fully saturated rings. The normalized spacial score (nSPS) is 18.1. The second-order valence-electron chi connectivity index (χ2n) is 9.58. The van der Waals surface area contributed by atoms with Crippen LogP contribution >= 0.6 is 0 Å². The van der Waals surface area contributed by atoms with E-state index >= 15 is 0 Å². The number of aliphatic hydroxyl groups is 2. The molecule has 202 valence electrons. The van der Waals surface area contributed by atoms with Crippen LogP contribution in [0.2, 0.25) is 0 Å². The first-order valence-electron chi connectivity index (χ1n) is 12.0. The number of anilines is 1. The SMILES string of the molecule is CC(C)c1nc2c(c(-c3ccc(F)cc3)c1/C=C/[C@@H](O)C[C@@H](O)CC(=O)O)CO[C@H](C)CN2S(C)(=O)=O. The summed E-state index contributed by atoms with van der Waals surface area (Å²) < 4.78 is 46.5. The molecule has 3 atom stereocenters. The van der Waals surface area contributed by atoms with Gasteiger partial charge in [-0.3, -0.25) is 9.10 Å². The summed E-state index contributed by atoms with van der Waals surface area (Å²) in [4.78, 5) is 15.6. The van der Waals surface area contributed by atoms with E-state index in [1.165, 1.54) is 22.5 Å². The Hall–Kier alpha value is -2.86. The molecule has 0 radical (unpaired) electrons. The quantitative estimate of drug-likeness (QED) is 0.444. The molecule has 1 aromatic heterocycles. The van der Waals surface area contributed by atoms with Gasteiger partial charge in [0, 0.05) is 17.5 Å². The van der Waals surface area contributed by atoms with Crippen LogP contribution in [0.4, 0.5) is 10.2 Å². The molecule has 3 rings (SSSR count). The first-order valence-corrected chi connectivity index (χ1v) is 13.8. The molecular formula is C26H33FN2O7S. The summed E-state index contributed by atoms with van der Waals surface area (Å²) in [7, 11) is -3.71. The Kier molecular flexibility index (Phi) is 9.06. The van der Waals surface area contributed by atoms with Crippen molar-refractivity contribution in [1.82, 2.24) is 4.98 Å². The number of fused-ring (bicyclic) bond motifs is 1. The smallest absolute Gasteiger partial charge is 0.305 e. The number of sulfonamides is 1. The fourth-order valence-electron chi connectivity index (χ4n) is 4.28. The molecule has 0 bridgehead atoms. The number of hydrogen-bond donors (Lipinski definition) is 3. The van der Waals surface area contributed by atoms with Gasteiger partial charge >= 0.3 is 5.97 Å². The van der Waals surface area contributed by atoms with Gasteiger partial charge in [-0.1, -0.05) is 38.1 Å². The molecule has 9 nitrogen and oxygen atoms in total. The van der Waals surface area contributed by atoms with Crippen LogP contribution in [-0.4, -0.2) is 65.8 Å². The van der Waals surface area contributed by atoms with E-state index in [1.807, 2.05) is 13.8 Å². The van der Waals surface area contributed by atoms with E-state index in [9.17, 15) is 27.8 Å². The number of carboxylic acid groups (broad SMARTS) is 1. The summed E-state index contributed by atoms with van der Waals surface area (Å²) in [6.45, 7) is 5.70. The van der Waals surface area contributed by atoms with E-state index in [4.69, 9.17) is 14.8 Å². The molecule has 3 N–H and O–H groups in total. The number of aliphatic carboxylic acids is 1. The lowest BCUT2D eigenvalue weighted by Crippen LogP contribution is -2.36. The minimum atomic E-state index is -3.71. The topological polar surface area (TPSA) is 137 Å². The van der Waals surface area contributed by atoms with Crippen LogP contribution in [0.5, 0.6) is 0 Å². The van der Waals surface area contributed by atoms with Gasteiger partial charge in [0.2, 0.25) is 10.0 Å². The molecule has 0 saturated heterocycles. The lowest BCUT2D eigenvalue weighted by molar-refractivity contribution is -0.139. The molecule has 0 aliphatic carbocycles. The lowest BCUT2D eigenvalue weighted by atomic mass is 9.90. The minimum Gasteiger partial charge on any atom is -0.481 e. The molecule has 0 spiro atoms. The van der Waals surface area contributed by atoms with Gasteiger partial charge in [0.1, 0.15) is 11.6 Å². The number of halogens is 1. The summed E-state index contributed by atoms with van der Waals surface area (Å²) in [5.74, 6) is -1.54. The van der Waals surface area contributed by atoms with Crippen LogP contribution in [0.3, 0.4) is 0 Å². The molecule has 0 amide bonds. The number of hydrogen-bond acceptors (Lipinski definition) is 7. The summed E-state index contributed by atoms with van der Waals surface area (Å²) >= 11 is 0. The second kappa shape index (κ2) is 11.7. The average molecular weight is 537 g/mol. The standard InChI is InChI=1S/C26H33FN2O7S/c1-15(2)25-21(10-9-19(30)11-20(31)12-23(32)33)24(17-5-7-18(27)8-6-17)22-14-36-16(3)13-29(26(22)28-25)37(4,34)35/h5-10,15-16,19-20,30-31H,11-14H2,1-4H3,(H,32,33)/b10-9+/t16-,19-,20-/m1/s1. The Morgan fingerprint density at radius 3 is 2.49 bits per heavy atom. The fraction of sp³-hybridized carbons (Fsp3) is 0.462. The summed E-state index contributed by atoms with van der Waals surface area (Å²) in [5, 5.41) is 29.2. The van der Waals surface area contributed by atoms with Gasteiger partial charge in [0.25, 0.3) is 0 Å². The van der Waals surface area contributed by atoms with Crippen LogP contribution < -0.4 is 4.31 Å². The number of aromatic nitrogens is 1. The Balaban J connectivity index is 2.26. The van der Waals surface area contributed by atoms with Crippen LogP contribution in [0, 0.1) is 5.82 Å². The number of benzene rings is 1. The summed E-state index contributed by atoms with van der Waals surface area (Å²) in [6.07, 6.45) is 0.673. The van der Waals surface area contributed by atoms with Gasteiger partial charge in [-0.25, -0.2) is 17.8 Å². The maximum Gasteiger partial charge on any atom is 0.305 e. The first-order chi connectivity index (χ1) is 17.3. The second-order valence-corrected chi connectivity index (χ2v) is 11.5. The third kappa shape index (κ3) is 7.13. The van der Waals surface area contributed by atoms with Gasteiger partial charge in [0.15, 0.2) is 0 Å². The van der Waals surface area contributed by atoms with Crippen molar-refractivity contribution in [3.8, 4) is 11.1 Å². The summed E-state index contributed by atoms with van der Waals surface area (Å²) in [6, 6.07) is 5.77. The Morgan fingerprint density at radius 1 is 1.27 bits per heavy atom. The molecule has 0 unspecified atom stereocenters. The molecule has 0 saturated carbocycles. The fourth-order valence-corrected chi connectivity index (χ4v) is 5.23. The predicted molar refractivity (Wildman–Crippen MR) is 138 cm³/mol. The highest BCUT2D eigenvalue weighted by Gasteiger charge is 2.32. The number of nitrogens with zero attached hydrogens (tertiary/aromatic N) is 2. The zero-order valence-corrected chi connectivity index (χ0v) is 22.1. The van der Waals surface area contributed by atoms with E-state index in [2.05, 4.69) is 0 Å². The lowest BCUT2D eigenvalue weighted by Gasteiger charge is -2.26. The minimum absolute atomic E-state index is 0.0569. The van der Waals surface area contributed by atoms with Gasteiger partial charge in [-0.05, 0) is 36.1 Å². The number of aliphatic hydroxyl groups excluding tert-OH is 2. The van der Waals surface area contributed by atoms with E-state index in [1.54, 1.807) is 25.1 Å². The van der Waals surface area contributed by atoms with E-state index < -0.39 is 46.5 Å². The zero-order valence-electron chi connectivity index (χ0n) is 21.3. The highest BCUT2D eigenvalue weighted by atomic mass is 32.2. The first kappa shape index (κ1) is 28.7. The zero-order chi connectivity index (χ0) is 27.5. The van der Waals surface area contributed by atoms with Crippen LogP contribution in [0.25, 0.3) is 17.2 Å². The van der Waals surface area contributed by atoms with Gasteiger partial charge in [-0.15, -0.1) is 0 Å². The third-order valence-corrected chi connectivity index (χ3v) is 7.13. The Morgan fingerprint density at radius 2 is 1.92 bits per heavy atom. The Bertz CT molecular complexity index is 1260. The van der Waals surface area contributed by atoms with Crippen molar-refractivity contribution in [1.29, 1.82) is 0 Å². The van der Waals surface area contributed by atoms with Crippen molar-refractivity contribution in [3.05, 3.63) is 53.0 Å². The van der Waals surface area contributed by atoms with E-state index in [0.29, 0.717) is 27.9 Å². The van der Waals surface area contributed by atoms with Crippen molar-refractivity contribution in [2.24, 2.45) is 0 Å². The van der Waals surface area contributed by atoms with Crippen LogP contribution in [-0.2, 0) is 26.2 Å². The van der Waals surface area contributed by atoms with Crippen molar-refractivity contribution in [3.63, 3.8) is 0 Å². The Labute approximate surface area is 216 Å². The molecule has 37 heavy (non-hydrogen) atoms. The largest absolute Gasteiger partial charge is 0.481 e. The monoisotopic (exact) mass is 536 g/mol. The molecule has 1 aromatic carbocycles. The van der Waals surface area contributed by atoms with Gasteiger partial charge < -0.3 is 20.1 Å². The van der Waals surface area contributed by atoms with E-state index in [-0.39, 0.29) is 31.3 Å².